The average Bonchev–Trinajstić information content (AvgIpc) is 2.65. The maximum Gasteiger partial charge on any atom is 0.341 e. The number of hydrogen-bond acceptors (Lipinski definition) is 3. The van der Waals surface area contributed by atoms with Crippen LogP contribution in [0, 0.1) is 20.8 Å². The Morgan fingerprint density at radius 1 is 1.11 bits per heavy atom. The standard InChI is InChI=1S/C15H16O3/c1-9-5-7-12(8-6-9)14-10(2)13(11(3)18-14)15(16)17-4/h5-8H,1-4H3. The van der Waals surface area contributed by atoms with Crippen molar-refractivity contribution < 1.29 is 13.9 Å². The third-order valence-electron chi connectivity index (χ3n) is 3.03. The zero-order valence-electron chi connectivity index (χ0n) is 11.0. The third-order valence-corrected chi connectivity index (χ3v) is 3.03. The molecule has 0 spiro atoms. The monoisotopic (exact) mass is 244 g/mol. The van der Waals surface area contributed by atoms with Gasteiger partial charge in [0.25, 0.3) is 0 Å². The first-order valence-electron chi connectivity index (χ1n) is 5.80. The van der Waals surface area contributed by atoms with E-state index in [1.807, 2.05) is 38.1 Å². The van der Waals surface area contributed by atoms with E-state index in [-0.39, 0.29) is 5.97 Å². The molecular weight excluding hydrogens is 228 g/mol. The summed E-state index contributed by atoms with van der Waals surface area (Å²) in [5.74, 6) is 0.968. The van der Waals surface area contributed by atoms with Gasteiger partial charge in [-0.2, -0.15) is 0 Å². The first-order valence-corrected chi connectivity index (χ1v) is 5.80. The summed E-state index contributed by atoms with van der Waals surface area (Å²) in [6, 6.07) is 8.01. The molecule has 0 fully saturated rings. The minimum Gasteiger partial charge on any atom is -0.465 e. The predicted molar refractivity (Wildman–Crippen MR) is 69.7 cm³/mol. The summed E-state index contributed by atoms with van der Waals surface area (Å²) in [6.45, 7) is 5.68. The molecule has 0 amide bonds. The second-order valence-corrected chi connectivity index (χ2v) is 4.34. The Morgan fingerprint density at radius 3 is 2.28 bits per heavy atom. The van der Waals surface area contributed by atoms with E-state index in [9.17, 15) is 4.79 Å². The fraction of sp³-hybridized carbons (Fsp3) is 0.267. The minimum atomic E-state index is -0.355. The highest BCUT2D eigenvalue weighted by atomic mass is 16.5. The number of esters is 1. The number of benzene rings is 1. The summed E-state index contributed by atoms with van der Waals surface area (Å²) < 4.78 is 10.5. The van der Waals surface area contributed by atoms with Crippen molar-refractivity contribution in [1.82, 2.24) is 0 Å². The van der Waals surface area contributed by atoms with Crippen molar-refractivity contribution in [2.75, 3.05) is 7.11 Å². The second-order valence-electron chi connectivity index (χ2n) is 4.34. The largest absolute Gasteiger partial charge is 0.465 e. The summed E-state index contributed by atoms with van der Waals surface area (Å²) >= 11 is 0. The van der Waals surface area contributed by atoms with Crippen LogP contribution >= 0.6 is 0 Å². The minimum absolute atomic E-state index is 0.355. The van der Waals surface area contributed by atoms with Crippen molar-refractivity contribution in [3.05, 3.63) is 46.7 Å². The van der Waals surface area contributed by atoms with Gasteiger partial charge in [0, 0.05) is 11.1 Å². The number of carbonyl (C=O) groups excluding carboxylic acids is 1. The molecule has 2 rings (SSSR count). The van der Waals surface area contributed by atoms with Gasteiger partial charge in [0.1, 0.15) is 17.1 Å². The van der Waals surface area contributed by atoms with Gasteiger partial charge in [0.05, 0.1) is 7.11 Å². The summed E-state index contributed by atoms with van der Waals surface area (Å²) in [6.07, 6.45) is 0. The summed E-state index contributed by atoms with van der Waals surface area (Å²) in [5.41, 5.74) is 3.50. The molecule has 0 unspecified atom stereocenters. The van der Waals surface area contributed by atoms with E-state index in [4.69, 9.17) is 9.15 Å². The highest BCUT2D eigenvalue weighted by Crippen LogP contribution is 2.31. The third kappa shape index (κ3) is 2.04. The first-order chi connectivity index (χ1) is 8.54. The highest BCUT2D eigenvalue weighted by Gasteiger charge is 2.21. The molecule has 0 aliphatic heterocycles. The quantitative estimate of drug-likeness (QED) is 0.757. The Balaban J connectivity index is 2.53. The molecule has 0 atom stereocenters. The molecule has 18 heavy (non-hydrogen) atoms. The van der Waals surface area contributed by atoms with Gasteiger partial charge in [0.2, 0.25) is 0 Å². The smallest absolute Gasteiger partial charge is 0.341 e. The van der Waals surface area contributed by atoms with E-state index in [2.05, 4.69) is 0 Å². The maximum absolute atomic E-state index is 11.7. The van der Waals surface area contributed by atoms with E-state index in [0.29, 0.717) is 11.3 Å². The molecule has 0 aliphatic rings. The van der Waals surface area contributed by atoms with Crippen LogP contribution in [0.5, 0.6) is 0 Å². The van der Waals surface area contributed by atoms with Crippen LogP contribution in [-0.2, 0) is 4.74 Å². The molecule has 1 aromatic heterocycles. The molecule has 94 valence electrons. The summed E-state index contributed by atoms with van der Waals surface area (Å²) in [5, 5.41) is 0. The number of ether oxygens (including phenoxy) is 1. The Bertz CT molecular complexity index is 577. The molecule has 1 aromatic carbocycles. The van der Waals surface area contributed by atoms with Crippen LogP contribution in [0.3, 0.4) is 0 Å². The van der Waals surface area contributed by atoms with Crippen LogP contribution < -0.4 is 0 Å². The molecule has 1 heterocycles. The number of aryl methyl sites for hydroxylation is 2. The van der Waals surface area contributed by atoms with Crippen LogP contribution in [0.1, 0.15) is 27.2 Å². The molecule has 0 saturated heterocycles. The lowest BCUT2D eigenvalue weighted by Crippen LogP contribution is -2.03. The molecule has 0 N–H and O–H groups in total. The molecule has 2 aromatic rings. The normalized spacial score (nSPS) is 10.4. The van der Waals surface area contributed by atoms with Crippen LogP contribution in [0.2, 0.25) is 0 Å². The van der Waals surface area contributed by atoms with Crippen molar-refractivity contribution in [3.63, 3.8) is 0 Å². The van der Waals surface area contributed by atoms with Crippen molar-refractivity contribution in [2.24, 2.45) is 0 Å². The van der Waals surface area contributed by atoms with Gasteiger partial charge in [-0.05, 0) is 20.8 Å². The molecule has 0 bridgehead atoms. The highest BCUT2D eigenvalue weighted by molar-refractivity contribution is 5.94. The Hall–Kier alpha value is -2.03. The Labute approximate surface area is 106 Å². The SMILES string of the molecule is COC(=O)c1c(C)oc(-c2ccc(C)cc2)c1C. The van der Waals surface area contributed by atoms with Crippen LogP contribution in [0.4, 0.5) is 0 Å². The van der Waals surface area contributed by atoms with Crippen molar-refractivity contribution in [2.45, 2.75) is 20.8 Å². The van der Waals surface area contributed by atoms with Gasteiger partial charge in [-0.3, -0.25) is 0 Å². The van der Waals surface area contributed by atoms with Gasteiger partial charge < -0.3 is 9.15 Å². The lowest BCUT2D eigenvalue weighted by atomic mass is 10.0. The van der Waals surface area contributed by atoms with Crippen molar-refractivity contribution >= 4 is 5.97 Å². The maximum atomic E-state index is 11.7. The topological polar surface area (TPSA) is 39.4 Å². The van der Waals surface area contributed by atoms with E-state index in [1.54, 1.807) is 6.92 Å². The fourth-order valence-electron chi connectivity index (χ4n) is 2.04. The zero-order valence-corrected chi connectivity index (χ0v) is 11.0. The van der Waals surface area contributed by atoms with Gasteiger partial charge >= 0.3 is 5.97 Å². The first kappa shape index (κ1) is 12.4. The fourth-order valence-corrected chi connectivity index (χ4v) is 2.04. The van der Waals surface area contributed by atoms with Gasteiger partial charge in [0.15, 0.2) is 0 Å². The summed E-state index contributed by atoms with van der Waals surface area (Å²) in [7, 11) is 1.37. The number of furan rings is 1. The van der Waals surface area contributed by atoms with Crippen molar-refractivity contribution in [1.29, 1.82) is 0 Å². The molecule has 3 nitrogen and oxygen atoms in total. The zero-order chi connectivity index (χ0) is 13.3. The number of methoxy groups -OCH3 is 1. The number of carbonyl (C=O) groups is 1. The number of hydrogen-bond donors (Lipinski definition) is 0. The molecule has 0 saturated carbocycles. The van der Waals surface area contributed by atoms with Gasteiger partial charge in [-0.1, -0.05) is 29.8 Å². The average molecular weight is 244 g/mol. The molecule has 0 aliphatic carbocycles. The Kier molecular flexibility index (Phi) is 3.24. The predicted octanol–water partition coefficient (Wildman–Crippen LogP) is 3.66. The second kappa shape index (κ2) is 4.69. The lowest BCUT2D eigenvalue weighted by molar-refractivity contribution is 0.0598. The van der Waals surface area contributed by atoms with E-state index in [0.717, 1.165) is 16.9 Å². The van der Waals surface area contributed by atoms with Crippen LogP contribution in [0.25, 0.3) is 11.3 Å². The van der Waals surface area contributed by atoms with Gasteiger partial charge in [-0.15, -0.1) is 0 Å². The van der Waals surface area contributed by atoms with Gasteiger partial charge in [-0.25, -0.2) is 4.79 Å². The molecule has 3 heteroatoms. The van der Waals surface area contributed by atoms with E-state index < -0.39 is 0 Å². The lowest BCUT2D eigenvalue weighted by Gasteiger charge is -2.00. The van der Waals surface area contributed by atoms with E-state index >= 15 is 0 Å². The molecule has 0 radical (unpaired) electrons. The number of rotatable bonds is 2. The Morgan fingerprint density at radius 2 is 1.72 bits per heavy atom. The van der Waals surface area contributed by atoms with E-state index in [1.165, 1.54) is 12.7 Å². The van der Waals surface area contributed by atoms with Crippen molar-refractivity contribution in [3.8, 4) is 11.3 Å². The van der Waals surface area contributed by atoms with Crippen LogP contribution in [0.15, 0.2) is 28.7 Å². The van der Waals surface area contributed by atoms with Crippen LogP contribution in [-0.4, -0.2) is 13.1 Å². The summed E-state index contributed by atoms with van der Waals surface area (Å²) in [4.78, 5) is 11.7. The molecular formula is C15H16O3.